The molecule has 0 atom stereocenters. The van der Waals surface area contributed by atoms with E-state index in [9.17, 15) is 13.6 Å². The number of anilines is 2. The van der Waals surface area contributed by atoms with E-state index in [-0.39, 0.29) is 5.69 Å². The van der Waals surface area contributed by atoms with Crippen molar-refractivity contribution >= 4 is 17.5 Å². The number of hydrogen-bond acceptors (Lipinski definition) is 4. The van der Waals surface area contributed by atoms with E-state index >= 15 is 0 Å². The average molecular weight is 332 g/mol. The van der Waals surface area contributed by atoms with Crippen LogP contribution >= 0.6 is 0 Å². The van der Waals surface area contributed by atoms with Crippen LogP contribution in [0.1, 0.15) is 42.6 Å². The molecule has 2 aromatic rings. The minimum absolute atomic E-state index is 0.0472. The summed E-state index contributed by atoms with van der Waals surface area (Å²) in [5, 5.41) is 5.43. The van der Waals surface area contributed by atoms with E-state index in [2.05, 4.69) is 20.6 Å². The molecule has 2 N–H and O–H groups in total. The zero-order chi connectivity index (χ0) is 16.9. The first-order chi connectivity index (χ1) is 11.6. The Balaban J connectivity index is 1.72. The van der Waals surface area contributed by atoms with Crippen LogP contribution in [0.15, 0.2) is 30.5 Å². The lowest BCUT2D eigenvalue weighted by Crippen LogP contribution is -2.24. The number of carbonyl (C=O) groups excluding carboxylic acids is 1. The maximum Gasteiger partial charge on any atom is 0.274 e. The lowest BCUT2D eigenvalue weighted by molar-refractivity contribution is 0.102. The van der Waals surface area contributed by atoms with Crippen LogP contribution in [0.4, 0.5) is 20.4 Å². The van der Waals surface area contributed by atoms with Crippen LogP contribution in [0.2, 0.25) is 0 Å². The minimum Gasteiger partial charge on any atom is -0.351 e. The predicted molar refractivity (Wildman–Crippen MR) is 86.8 cm³/mol. The second-order valence-electron chi connectivity index (χ2n) is 5.80. The molecule has 1 saturated carbocycles. The normalized spacial score (nSPS) is 15.1. The van der Waals surface area contributed by atoms with E-state index in [4.69, 9.17) is 0 Å². The first kappa shape index (κ1) is 16.3. The van der Waals surface area contributed by atoms with Gasteiger partial charge in [-0.3, -0.25) is 4.79 Å². The number of aromatic nitrogens is 2. The van der Waals surface area contributed by atoms with E-state index in [1.54, 1.807) is 0 Å². The Morgan fingerprint density at radius 1 is 1.08 bits per heavy atom. The van der Waals surface area contributed by atoms with Gasteiger partial charge in [-0.05, 0) is 31.0 Å². The molecule has 1 aromatic carbocycles. The van der Waals surface area contributed by atoms with E-state index < -0.39 is 23.2 Å². The number of nitrogens with zero attached hydrogens (tertiary/aromatic N) is 2. The number of carbonyl (C=O) groups is 1. The number of hydrogen-bond donors (Lipinski definition) is 2. The van der Waals surface area contributed by atoms with Crippen LogP contribution in [0.5, 0.6) is 0 Å². The van der Waals surface area contributed by atoms with Crippen molar-refractivity contribution in [3.63, 3.8) is 0 Å². The van der Waals surface area contributed by atoms with Crippen molar-refractivity contribution in [1.29, 1.82) is 0 Å². The number of halogens is 2. The lowest BCUT2D eigenvalue weighted by Gasteiger charge is -2.22. The fourth-order valence-electron chi connectivity index (χ4n) is 2.78. The van der Waals surface area contributed by atoms with Gasteiger partial charge in [-0.2, -0.15) is 0 Å². The SMILES string of the molecule is O=C(Nc1c(F)cccc1F)c1ccnc(NC2CCCCC2)n1. The molecule has 1 aliphatic carbocycles. The van der Waals surface area contributed by atoms with Crippen molar-refractivity contribution in [3.05, 3.63) is 47.8 Å². The first-order valence-corrected chi connectivity index (χ1v) is 7.98. The van der Waals surface area contributed by atoms with Crippen LogP contribution in [-0.4, -0.2) is 21.9 Å². The molecule has 0 unspecified atom stereocenters. The smallest absolute Gasteiger partial charge is 0.274 e. The monoisotopic (exact) mass is 332 g/mol. The standard InChI is InChI=1S/C17H18F2N4O/c18-12-7-4-8-13(19)15(12)23-16(24)14-9-10-20-17(22-14)21-11-5-2-1-3-6-11/h4,7-11H,1-3,5-6H2,(H,23,24)(H,20,21,22). The van der Waals surface area contributed by atoms with Crippen molar-refractivity contribution in [2.75, 3.05) is 10.6 Å². The van der Waals surface area contributed by atoms with Crippen LogP contribution in [0.25, 0.3) is 0 Å². The fourth-order valence-corrected chi connectivity index (χ4v) is 2.78. The maximum absolute atomic E-state index is 13.6. The maximum atomic E-state index is 13.6. The summed E-state index contributed by atoms with van der Waals surface area (Å²) in [6.07, 6.45) is 7.08. The highest BCUT2D eigenvalue weighted by Crippen LogP contribution is 2.21. The molecule has 0 bridgehead atoms. The van der Waals surface area contributed by atoms with Crippen molar-refractivity contribution in [1.82, 2.24) is 9.97 Å². The highest BCUT2D eigenvalue weighted by molar-refractivity contribution is 6.03. The van der Waals surface area contributed by atoms with Gasteiger partial charge >= 0.3 is 0 Å². The third-order valence-electron chi connectivity index (χ3n) is 4.03. The Bertz CT molecular complexity index is 712. The fraction of sp³-hybridized carbons (Fsp3) is 0.353. The molecule has 0 aliphatic heterocycles. The van der Waals surface area contributed by atoms with Gasteiger partial charge in [0, 0.05) is 12.2 Å². The molecule has 1 heterocycles. The minimum atomic E-state index is -0.835. The Labute approximate surface area is 138 Å². The van der Waals surface area contributed by atoms with Crippen LogP contribution < -0.4 is 10.6 Å². The van der Waals surface area contributed by atoms with Gasteiger partial charge < -0.3 is 10.6 Å². The summed E-state index contributed by atoms with van der Waals surface area (Å²) < 4.78 is 27.2. The molecule has 0 saturated heterocycles. The number of rotatable bonds is 4. The van der Waals surface area contributed by atoms with Crippen LogP contribution in [0.3, 0.4) is 0 Å². The molecule has 5 nitrogen and oxygen atoms in total. The second-order valence-corrected chi connectivity index (χ2v) is 5.80. The highest BCUT2D eigenvalue weighted by atomic mass is 19.1. The Morgan fingerprint density at radius 2 is 1.79 bits per heavy atom. The van der Waals surface area contributed by atoms with Crippen molar-refractivity contribution in [2.45, 2.75) is 38.1 Å². The summed E-state index contributed by atoms with van der Waals surface area (Å²) in [7, 11) is 0. The Hall–Kier alpha value is -2.57. The van der Waals surface area contributed by atoms with Crippen LogP contribution in [0, 0.1) is 11.6 Å². The summed E-state index contributed by atoms with van der Waals surface area (Å²) in [4.78, 5) is 20.5. The highest BCUT2D eigenvalue weighted by Gasteiger charge is 2.17. The topological polar surface area (TPSA) is 66.9 Å². The molecule has 0 spiro atoms. The van der Waals surface area contributed by atoms with Gasteiger partial charge in [-0.25, -0.2) is 18.7 Å². The summed E-state index contributed by atoms with van der Waals surface area (Å²) in [6, 6.07) is 5.09. The summed E-state index contributed by atoms with van der Waals surface area (Å²) in [6.45, 7) is 0. The van der Waals surface area contributed by atoms with Gasteiger partial charge in [0.25, 0.3) is 5.91 Å². The Kier molecular flexibility index (Phi) is 4.98. The molecule has 24 heavy (non-hydrogen) atoms. The lowest BCUT2D eigenvalue weighted by atomic mass is 9.96. The second kappa shape index (κ2) is 7.33. The van der Waals surface area contributed by atoms with Crippen molar-refractivity contribution in [3.8, 4) is 0 Å². The molecule has 1 aliphatic rings. The van der Waals surface area contributed by atoms with Gasteiger partial charge in [-0.1, -0.05) is 25.3 Å². The third kappa shape index (κ3) is 3.84. The number of nitrogens with one attached hydrogen (secondary N) is 2. The molecule has 0 radical (unpaired) electrons. The molecular formula is C17H18F2N4O. The third-order valence-corrected chi connectivity index (χ3v) is 4.03. The Morgan fingerprint density at radius 3 is 2.50 bits per heavy atom. The molecule has 1 aromatic heterocycles. The van der Waals surface area contributed by atoms with E-state index in [1.807, 2.05) is 0 Å². The zero-order valence-electron chi connectivity index (χ0n) is 13.1. The average Bonchev–Trinajstić information content (AvgIpc) is 2.59. The summed E-state index contributed by atoms with van der Waals surface area (Å²) >= 11 is 0. The first-order valence-electron chi connectivity index (χ1n) is 7.98. The van der Waals surface area contributed by atoms with Crippen molar-refractivity contribution in [2.24, 2.45) is 0 Å². The number of amides is 1. The molecule has 7 heteroatoms. The van der Waals surface area contributed by atoms with Gasteiger partial charge in [0.15, 0.2) is 0 Å². The van der Waals surface area contributed by atoms with Gasteiger partial charge in [0.2, 0.25) is 5.95 Å². The summed E-state index contributed by atoms with van der Waals surface area (Å²) in [5.41, 5.74) is -0.436. The predicted octanol–water partition coefficient (Wildman–Crippen LogP) is 3.75. The number of benzene rings is 1. The van der Waals surface area contributed by atoms with Crippen molar-refractivity contribution < 1.29 is 13.6 Å². The van der Waals surface area contributed by atoms with Crippen LogP contribution in [-0.2, 0) is 0 Å². The molecule has 126 valence electrons. The molecule has 1 amide bonds. The molecule has 1 fully saturated rings. The molecule has 3 rings (SSSR count). The van der Waals surface area contributed by atoms with E-state index in [0.717, 1.165) is 37.8 Å². The van der Waals surface area contributed by atoms with Gasteiger partial charge in [0.1, 0.15) is 23.0 Å². The quantitative estimate of drug-likeness (QED) is 0.895. The van der Waals surface area contributed by atoms with Gasteiger partial charge in [-0.15, -0.1) is 0 Å². The summed E-state index contributed by atoms with van der Waals surface area (Å²) in [5.74, 6) is -2.01. The zero-order valence-corrected chi connectivity index (χ0v) is 13.1. The van der Waals surface area contributed by atoms with Gasteiger partial charge in [0.05, 0.1) is 0 Å². The molecular weight excluding hydrogens is 314 g/mol. The van der Waals surface area contributed by atoms with E-state index in [0.29, 0.717) is 12.0 Å². The van der Waals surface area contributed by atoms with E-state index in [1.165, 1.54) is 24.8 Å². The number of para-hydroxylation sites is 1. The largest absolute Gasteiger partial charge is 0.351 e.